The lowest BCUT2D eigenvalue weighted by molar-refractivity contribution is 0.0792. The molecule has 0 spiro atoms. The maximum Gasteiger partial charge on any atom is 0.254 e. The number of nitrogens with zero attached hydrogens (tertiary/aromatic N) is 4. The van der Waals surface area contributed by atoms with Crippen LogP contribution in [0.1, 0.15) is 38.8 Å². The van der Waals surface area contributed by atoms with Gasteiger partial charge in [-0.25, -0.2) is 9.67 Å². The summed E-state index contributed by atoms with van der Waals surface area (Å²) in [6.07, 6.45) is 2.74. The number of thiophene rings is 1. The second-order valence-corrected chi connectivity index (χ2v) is 8.97. The third-order valence-corrected chi connectivity index (χ3v) is 6.78. The largest absolute Gasteiger partial charge is 0.497 e. The van der Waals surface area contributed by atoms with Crippen molar-refractivity contribution in [2.45, 2.75) is 25.8 Å². The monoisotopic (exact) mass is 432 g/mol. The number of carbonyl (C=O) groups excluding carboxylic acids is 1. The molecule has 1 unspecified atom stereocenters. The van der Waals surface area contributed by atoms with Crippen LogP contribution in [0, 0.1) is 6.92 Å². The Labute approximate surface area is 185 Å². The molecule has 0 bridgehead atoms. The number of benzene rings is 1. The van der Waals surface area contributed by atoms with Crippen LogP contribution in [0.4, 0.5) is 0 Å². The van der Waals surface area contributed by atoms with Crippen LogP contribution in [0.25, 0.3) is 11.0 Å². The highest BCUT2D eigenvalue weighted by molar-refractivity contribution is 7.09. The summed E-state index contributed by atoms with van der Waals surface area (Å²) in [5, 5.41) is 7.41. The van der Waals surface area contributed by atoms with Gasteiger partial charge in [0.05, 0.1) is 30.8 Å². The first-order valence-corrected chi connectivity index (χ1v) is 11.3. The average Bonchev–Trinajstić information content (AvgIpc) is 3.55. The van der Waals surface area contributed by atoms with Gasteiger partial charge in [-0.05, 0) is 48.6 Å². The van der Waals surface area contributed by atoms with E-state index in [4.69, 9.17) is 4.74 Å². The van der Waals surface area contributed by atoms with E-state index in [1.165, 1.54) is 10.4 Å². The molecule has 0 radical (unpaired) electrons. The molecule has 1 amide bonds. The Bertz CT molecular complexity index is 1210. The number of fused-ring (bicyclic) bond motifs is 1. The van der Waals surface area contributed by atoms with Crippen LogP contribution in [-0.2, 0) is 6.54 Å². The van der Waals surface area contributed by atoms with Crippen LogP contribution in [-0.4, -0.2) is 45.8 Å². The molecule has 1 saturated heterocycles. The van der Waals surface area contributed by atoms with Gasteiger partial charge in [0.15, 0.2) is 5.65 Å². The molecule has 1 atom stereocenters. The van der Waals surface area contributed by atoms with Gasteiger partial charge in [0, 0.05) is 29.6 Å². The van der Waals surface area contributed by atoms with E-state index in [9.17, 15) is 4.79 Å². The van der Waals surface area contributed by atoms with Crippen molar-refractivity contribution in [3.05, 3.63) is 75.7 Å². The molecule has 5 rings (SSSR count). The number of methoxy groups -OCH3 is 1. The SMILES string of the molecule is COc1ccc(C2CCN(C(=O)c3cc(C)nc4c3cnn4Cc3cccs3)C2)cc1. The van der Waals surface area contributed by atoms with E-state index < -0.39 is 0 Å². The lowest BCUT2D eigenvalue weighted by Crippen LogP contribution is -2.28. The summed E-state index contributed by atoms with van der Waals surface area (Å²) in [4.78, 5) is 21.3. The molecule has 0 N–H and O–H groups in total. The highest BCUT2D eigenvalue weighted by atomic mass is 32.1. The number of amides is 1. The zero-order valence-electron chi connectivity index (χ0n) is 17.6. The Kier molecular flexibility index (Phi) is 5.19. The van der Waals surface area contributed by atoms with Crippen LogP contribution in [0.5, 0.6) is 5.75 Å². The number of carbonyl (C=O) groups is 1. The Morgan fingerprint density at radius 2 is 2.10 bits per heavy atom. The van der Waals surface area contributed by atoms with E-state index in [0.29, 0.717) is 18.0 Å². The van der Waals surface area contributed by atoms with Crippen LogP contribution >= 0.6 is 11.3 Å². The molecule has 3 aromatic heterocycles. The Morgan fingerprint density at radius 3 is 2.84 bits per heavy atom. The van der Waals surface area contributed by atoms with E-state index >= 15 is 0 Å². The van der Waals surface area contributed by atoms with Crippen molar-refractivity contribution < 1.29 is 9.53 Å². The molecule has 7 heteroatoms. The highest BCUT2D eigenvalue weighted by Gasteiger charge is 2.29. The lowest BCUT2D eigenvalue weighted by Gasteiger charge is -2.18. The van der Waals surface area contributed by atoms with Crippen molar-refractivity contribution in [2.24, 2.45) is 0 Å². The molecule has 1 aromatic carbocycles. The van der Waals surface area contributed by atoms with Gasteiger partial charge in [-0.2, -0.15) is 5.10 Å². The Balaban J connectivity index is 1.40. The Hall–Kier alpha value is -3.19. The number of ether oxygens (including phenoxy) is 1. The minimum atomic E-state index is 0.0576. The maximum atomic E-state index is 13.5. The minimum Gasteiger partial charge on any atom is -0.497 e. The van der Waals surface area contributed by atoms with E-state index in [0.717, 1.165) is 42.0 Å². The summed E-state index contributed by atoms with van der Waals surface area (Å²) in [5.41, 5.74) is 3.53. The molecule has 4 aromatic rings. The van der Waals surface area contributed by atoms with E-state index in [-0.39, 0.29) is 5.91 Å². The molecule has 1 fully saturated rings. The zero-order chi connectivity index (χ0) is 21.4. The van der Waals surface area contributed by atoms with E-state index in [1.807, 2.05) is 40.8 Å². The number of aryl methyl sites for hydroxylation is 1. The van der Waals surface area contributed by atoms with Crippen molar-refractivity contribution in [1.82, 2.24) is 19.7 Å². The van der Waals surface area contributed by atoms with Gasteiger partial charge in [0.2, 0.25) is 0 Å². The quantitative estimate of drug-likeness (QED) is 0.466. The molecular weight excluding hydrogens is 408 g/mol. The van der Waals surface area contributed by atoms with Crippen molar-refractivity contribution in [3.8, 4) is 5.75 Å². The van der Waals surface area contributed by atoms with Gasteiger partial charge in [0.1, 0.15) is 5.75 Å². The van der Waals surface area contributed by atoms with Crippen LogP contribution in [0.2, 0.25) is 0 Å². The van der Waals surface area contributed by atoms with Crippen molar-refractivity contribution >= 4 is 28.3 Å². The van der Waals surface area contributed by atoms with Gasteiger partial charge < -0.3 is 9.64 Å². The highest BCUT2D eigenvalue weighted by Crippen LogP contribution is 2.30. The number of hydrogen-bond acceptors (Lipinski definition) is 5. The molecule has 0 saturated carbocycles. The van der Waals surface area contributed by atoms with E-state index in [1.54, 1.807) is 24.6 Å². The van der Waals surface area contributed by atoms with Gasteiger partial charge >= 0.3 is 0 Å². The summed E-state index contributed by atoms with van der Waals surface area (Å²) in [5.74, 6) is 1.25. The third-order valence-electron chi connectivity index (χ3n) is 5.92. The normalized spacial score (nSPS) is 16.2. The maximum absolute atomic E-state index is 13.5. The standard InChI is InChI=1S/C24H24N4O2S/c1-16-12-21(22-13-25-28(23(22)26-16)15-20-4-3-11-31-20)24(29)27-10-9-18(14-27)17-5-7-19(30-2)8-6-17/h3-8,11-13,18H,9-10,14-15H2,1-2H3. The van der Waals surface area contributed by atoms with Gasteiger partial charge in [-0.1, -0.05) is 18.2 Å². The summed E-state index contributed by atoms with van der Waals surface area (Å²) in [7, 11) is 1.67. The fourth-order valence-electron chi connectivity index (χ4n) is 4.28. The van der Waals surface area contributed by atoms with Crippen molar-refractivity contribution in [3.63, 3.8) is 0 Å². The van der Waals surface area contributed by atoms with Gasteiger partial charge in [0.25, 0.3) is 5.91 Å². The van der Waals surface area contributed by atoms with Gasteiger partial charge in [-0.3, -0.25) is 4.79 Å². The molecule has 0 aliphatic carbocycles. The second kappa shape index (κ2) is 8.15. The molecule has 158 valence electrons. The molecule has 31 heavy (non-hydrogen) atoms. The average molecular weight is 433 g/mol. The molecule has 6 nitrogen and oxygen atoms in total. The number of rotatable bonds is 5. The first kappa shape index (κ1) is 19.8. The number of pyridine rings is 1. The van der Waals surface area contributed by atoms with Crippen LogP contribution in [0.3, 0.4) is 0 Å². The number of likely N-dealkylation sites (tertiary alicyclic amines) is 1. The lowest BCUT2D eigenvalue weighted by atomic mass is 9.98. The molecule has 1 aliphatic rings. The smallest absolute Gasteiger partial charge is 0.254 e. The van der Waals surface area contributed by atoms with Crippen LogP contribution < -0.4 is 4.74 Å². The first-order chi connectivity index (χ1) is 15.1. The Morgan fingerprint density at radius 1 is 1.26 bits per heavy atom. The number of aromatic nitrogens is 3. The molecule has 4 heterocycles. The summed E-state index contributed by atoms with van der Waals surface area (Å²) < 4.78 is 7.14. The summed E-state index contributed by atoms with van der Waals surface area (Å²) in [6, 6.07) is 14.2. The fourth-order valence-corrected chi connectivity index (χ4v) is 4.96. The second-order valence-electron chi connectivity index (χ2n) is 7.94. The fraction of sp³-hybridized carbons (Fsp3) is 0.292. The predicted molar refractivity (Wildman–Crippen MR) is 122 cm³/mol. The summed E-state index contributed by atoms with van der Waals surface area (Å²) in [6.45, 7) is 4.07. The number of hydrogen-bond donors (Lipinski definition) is 0. The van der Waals surface area contributed by atoms with Crippen LogP contribution in [0.15, 0.2) is 54.0 Å². The molecule has 1 aliphatic heterocycles. The summed E-state index contributed by atoms with van der Waals surface area (Å²) >= 11 is 1.69. The predicted octanol–water partition coefficient (Wildman–Crippen LogP) is 4.49. The van der Waals surface area contributed by atoms with Gasteiger partial charge in [-0.15, -0.1) is 11.3 Å². The molecular formula is C24H24N4O2S. The van der Waals surface area contributed by atoms with E-state index in [2.05, 4.69) is 33.7 Å². The van der Waals surface area contributed by atoms with Crippen molar-refractivity contribution in [1.29, 1.82) is 0 Å². The topological polar surface area (TPSA) is 60.2 Å². The minimum absolute atomic E-state index is 0.0576. The third kappa shape index (κ3) is 3.81. The van der Waals surface area contributed by atoms with Crippen molar-refractivity contribution in [2.75, 3.05) is 20.2 Å². The first-order valence-electron chi connectivity index (χ1n) is 10.4. The zero-order valence-corrected chi connectivity index (χ0v) is 18.4.